The first-order valence-electron chi connectivity index (χ1n) is 7.51. The number of alkyl halides is 3. The Morgan fingerprint density at radius 1 is 1.07 bits per heavy atom. The molecule has 3 rings (SSSR count). The average Bonchev–Trinajstić information content (AvgIpc) is 3.10. The van der Waals surface area contributed by atoms with Crippen molar-refractivity contribution in [3.8, 4) is 5.75 Å². The van der Waals surface area contributed by atoms with Crippen LogP contribution in [0.3, 0.4) is 0 Å². The highest BCUT2D eigenvalue weighted by molar-refractivity contribution is 7.15. The van der Waals surface area contributed by atoms with Crippen molar-refractivity contribution in [2.24, 2.45) is 0 Å². The van der Waals surface area contributed by atoms with E-state index in [-0.39, 0.29) is 40.2 Å². The van der Waals surface area contributed by atoms with Crippen LogP contribution in [0.4, 0.5) is 22.7 Å². The molecule has 2 aromatic carbocycles. The van der Waals surface area contributed by atoms with Crippen LogP contribution in [0.25, 0.3) is 0 Å². The summed E-state index contributed by atoms with van der Waals surface area (Å²) in [6, 6.07) is 11.9. The number of carbonyl (C=O) groups excluding carboxylic acids is 1. The van der Waals surface area contributed by atoms with Crippen molar-refractivity contribution in [1.82, 2.24) is 10.2 Å². The van der Waals surface area contributed by atoms with Crippen LogP contribution in [-0.4, -0.2) is 16.1 Å². The fourth-order valence-corrected chi connectivity index (χ4v) is 2.68. The molecule has 0 fully saturated rings. The maximum Gasteiger partial charge on any atom is 0.445 e. The van der Waals surface area contributed by atoms with E-state index in [1.54, 1.807) is 18.2 Å². The summed E-state index contributed by atoms with van der Waals surface area (Å²) >= 11 is 0.225. The van der Waals surface area contributed by atoms with Crippen LogP contribution in [0.15, 0.2) is 48.5 Å². The molecule has 0 bridgehead atoms. The van der Waals surface area contributed by atoms with Gasteiger partial charge in [-0.25, -0.2) is 4.39 Å². The Morgan fingerprint density at radius 3 is 2.44 bits per heavy atom. The second-order valence-electron chi connectivity index (χ2n) is 5.28. The van der Waals surface area contributed by atoms with E-state index in [0.717, 1.165) is 0 Å². The quantitative estimate of drug-likeness (QED) is 0.643. The number of amides is 1. The number of hydrogen-bond donors (Lipinski definition) is 1. The number of carbonyl (C=O) groups is 1. The van der Waals surface area contributed by atoms with E-state index in [4.69, 9.17) is 4.74 Å². The summed E-state index contributed by atoms with van der Waals surface area (Å²) in [5, 5.41) is 7.17. The molecule has 1 amide bonds. The van der Waals surface area contributed by atoms with Gasteiger partial charge in [0.25, 0.3) is 5.91 Å². The summed E-state index contributed by atoms with van der Waals surface area (Å²) in [6.07, 6.45) is -4.63. The zero-order valence-corrected chi connectivity index (χ0v) is 14.3. The molecule has 5 nitrogen and oxygen atoms in total. The van der Waals surface area contributed by atoms with E-state index >= 15 is 0 Å². The van der Waals surface area contributed by atoms with Crippen molar-refractivity contribution in [3.05, 3.63) is 70.5 Å². The number of para-hydroxylation sites is 1. The number of benzene rings is 2. The number of aromatic nitrogens is 2. The smallest absolute Gasteiger partial charge is 0.445 e. The van der Waals surface area contributed by atoms with Gasteiger partial charge >= 0.3 is 6.18 Å². The Balaban J connectivity index is 1.71. The highest BCUT2D eigenvalue weighted by Crippen LogP contribution is 2.33. The van der Waals surface area contributed by atoms with Gasteiger partial charge in [-0.05, 0) is 29.8 Å². The normalized spacial score (nSPS) is 11.3. The first-order chi connectivity index (χ1) is 12.8. The van der Waals surface area contributed by atoms with Crippen LogP contribution in [0.1, 0.15) is 20.9 Å². The molecule has 0 atom stereocenters. The minimum Gasteiger partial charge on any atom is -0.488 e. The molecule has 1 N–H and O–H groups in total. The molecule has 10 heteroatoms. The fraction of sp³-hybridized carbons (Fsp3) is 0.118. The molecule has 1 heterocycles. The Hall–Kier alpha value is -3.01. The van der Waals surface area contributed by atoms with Crippen LogP contribution in [0.2, 0.25) is 0 Å². The van der Waals surface area contributed by atoms with Crippen LogP contribution in [-0.2, 0) is 12.8 Å². The van der Waals surface area contributed by atoms with Crippen molar-refractivity contribution in [3.63, 3.8) is 0 Å². The summed E-state index contributed by atoms with van der Waals surface area (Å²) in [5.74, 6) is -0.844. The van der Waals surface area contributed by atoms with E-state index in [1.165, 1.54) is 30.3 Å². The van der Waals surface area contributed by atoms with E-state index in [0.29, 0.717) is 5.56 Å². The molecule has 0 radical (unpaired) electrons. The number of rotatable bonds is 5. The maximum atomic E-state index is 12.9. The molecular formula is C17H11F4N3O2S. The number of hydrogen-bond acceptors (Lipinski definition) is 5. The standard InChI is InChI=1S/C17H11F4N3O2S/c18-11-7-5-10(6-8-11)9-26-13-4-2-1-3-12(13)14(25)22-16-24-23-15(27-16)17(19,20)21/h1-8H,9H2,(H,22,24,25). The zero-order valence-electron chi connectivity index (χ0n) is 13.5. The first-order valence-corrected chi connectivity index (χ1v) is 8.33. The lowest BCUT2D eigenvalue weighted by Crippen LogP contribution is -2.13. The van der Waals surface area contributed by atoms with E-state index in [9.17, 15) is 22.4 Å². The van der Waals surface area contributed by atoms with Gasteiger partial charge in [0.05, 0.1) is 5.56 Å². The van der Waals surface area contributed by atoms with Crippen LogP contribution < -0.4 is 10.1 Å². The van der Waals surface area contributed by atoms with Gasteiger partial charge in [-0.3, -0.25) is 10.1 Å². The van der Waals surface area contributed by atoms with Gasteiger partial charge in [-0.1, -0.05) is 35.6 Å². The Bertz CT molecular complexity index is 942. The monoisotopic (exact) mass is 397 g/mol. The number of anilines is 1. The van der Waals surface area contributed by atoms with Crippen molar-refractivity contribution < 1.29 is 27.1 Å². The largest absolute Gasteiger partial charge is 0.488 e. The van der Waals surface area contributed by atoms with Gasteiger partial charge in [0.1, 0.15) is 18.2 Å². The average molecular weight is 397 g/mol. The lowest BCUT2D eigenvalue weighted by atomic mass is 10.2. The van der Waals surface area contributed by atoms with Gasteiger partial charge in [-0.2, -0.15) is 13.2 Å². The van der Waals surface area contributed by atoms with Crippen molar-refractivity contribution in [2.45, 2.75) is 12.8 Å². The third kappa shape index (κ3) is 4.79. The lowest BCUT2D eigenvalue weighted by Gasteiger charge is -2.11. The minimum atomic E-state index is -4.63. The molecule has 1 aromatic heterocycles. The van der Waals surface area contributed by atoms with Gasteiger partial charge in [0.15, 0.2) is 0 Å². The minimum absolute atomic E-state index is 0.0849. The third-order valence-electron chi connectivity index (χ3n) is 3.33. The Kier molecular flexibility index (Phi) is 5.36. The summed E-state index contributed by atoms with van der Waals surface area (Å²) in [6.45, 7) is 0.0849. The number of nitrogens with one attached hydrogen (secondary N) is 1. The summed E-state index contributed by atoms with van der Waals surface area (Å²) in [7, 11) is 0. The summed E-state index contributed by atoms with van der Waals surface area (Å²) < 4.78 is 56.2. The second kappa shape index (κ2) is 7.70. The topological polar surface area (TPSA) is 64.1 Å². The molecule has 27 heavy (non-hydrogen) atoms. The maximum absolute atomic E-state index is 12.9. The van der Waals surface area contributed by atoms with Gasteiger partial charge < -0.3 is 4.74 Å². The number of ether oxygens (including phenoxy) is 1. The summed E-state index contributed by atoms with van der Waals surface area (Å²) in [4.78, 5) is 12.4. The predicted molar refractivity (Wildman–Crippen MR) is 90.0 cm³/mol. The predicted octanol–water partition coefficient (Wildman–Crippen LogP) is 4.53. The van der Waals surface area contributed by atoms with Crippen molar-refractivity contribution in [1.29, 1.82) is 0 Å². The van der Waals surface area contributed by atoms with E-state index < -0.39 is 17.1 Å². The van der Waals surface area contributed by atoms with Gasteiger partial charge in [-0.15, -0.1) is 10.2 Å². The lowest BCUT2D eigenvalue weighted by molar-refractivity contribution is -0.138. The number of halogens is 4. The van der Waals surface area contributed by atoms with Gasteiger partial charge in [0.2, 0.25) is 10.1 Å². The molecule has 3 aromatic rings. The molecule has 0 saturated carbocycles. The Labute approximate surface area is 154 Å². The fourth-order valence-electron chi connectivity index (χ4n) is 2.07. The number of nitrogens with zero attached hydrogens (tertiary/aromatic N) is 2. The zero-order chi connectivity index (χ0) is 19.4. The highest BCUT2D eigenvalue weighted by atomic mass is 32.1. The van der Waals surface area contributed by atoms with E-state index in [2.05, 4.69) is 15.5 Å². The molecule has 0 aliphatic rings. The molecule has 0 aliphatic heterocycles. The molecule has 0 aliphatic carbocycles. The first kappa shape index (κ1) is 18.8. The molecule has 140 valence electrons. The molecular weight excluding hydrogens is 386 g/mol. The highest BCUT2D eigenvalue weighted by Gasteiger charge is 2.35. The second-order valence-corrected chi connectivity index (χ2v) is 6.25. The molecule has 0 saturated heterocycles. The van der Waals surface area contributed by atoms with E-state index in [1.807, 2.05) is 0 Å². The van der Waals surface area contributed by atoms with Crippen molar-refractivity contribution in [2.75, 3.05) is 5.32 Å². The molecule has 0 unspecified atom stereocenters. The Morgan fingerprint density at radius 2 is 1.78 bits per heavy atom. The van der Waals surface area contributed by atoms with Crippen LogP contribution in [0, 0.1) is 5.82 Å². The summed E-state index contributed by atoms with van der Waals surface area (Å²) in [5.41, 5.74) is 0.800. The SMILES string of the molecule is O=C(Nc1nnc(C(F)(F)F)s1)c1ccccc1OCc1ccc(F)cc1. The van der Waals surface area contributed by atoms with Gasteiger partial charge in [0, 0.05) is 0 Å². The third-order valence-corrected chi connectivity index (χ3v) is 4.21. The van der Waals surface area contributed by atoms with Crippen LogP contribution in [0.5, 0.6) is 5.75 Å². The van der Waals surface area contributed by atoms with Crippen LogP contribution >= 0.6 is 11.3 Å². The molecule has 0 spiro atoms. The van der Waals surface area contributed by atoms with Crippen molar-refractivity contribution >= 4 is 22.4 Å².